The summed E-state index contributed by atoms with van der Waals surface area (Å²) in [7, 11) is 0. The Hall–Kier alpha value is -0.900. The Bertz CT molecular complexity index is 554. The van der Waals surface area contributed by atoms with E-state index in [1.54, 1.807) is 0 Å². The number of hydrogen-bond donors (Lipinski definition) is 2. The average Bonchev–Trinajstić information content (AvgIpc) is 2.79. The maximum atomic E-state index is 5.81. The number of halogens is 1. The zero-order chi connectivity index (χ0) is 21.1. The highest BCUT2D eigenvalue weighted by atomic mass is 127. The van der Waals surface area contributed by atoms with Crippen LogP contribution in [0.3, 0.4) is 0 Å². The summed E-state index contributed by atoms with van der Waals surface area (Å²) in [5.41, 5.74) is 1.33. The van der Waals surface area contributed by atoms with Crippen LogP contribution >= 0.6 is 24.0 Å². The summed E-state index contributed by atoms with van der Waals surface area (Å²) in [5, 5.41) is 6.72. The fraction of sp³-hybridized carbons (Fsp3) is 0.708. The number of ether oxygens (including phenoxy) is 3. The molecule has 1 fully saturated rings. The van der Waals surface area contributed by atoms with Crippen LogP contribution in [0.25, 0.3) is 0 Å². The molecule has 0 spiro atoms. The van der Waals surface area contributed by atoms with E-state index < -0.39 is 0 Å². The van der Waals surface area contributed by atoms with E-state index in [0.29, 0.717) is 5.92 Å². The molecule has 0 bridgehead atoms. The van der Waals surface area contributed by atoms with Crippen molar-refractivity contribution < 1.29 is 14.2 Å². The standard InChI is InChI=1S/C24H41N3O3.HI/c1-2-25-24(27-15-8-17-30-21-23-12-19-29-20-13-23)26-14-6-7-16-28-18-11-22-9-4-3-5-10-22;/h3-5,9-10,23H,2,6-8,11-21H2,1H3,(H2,25,26,27);1H. The Morgan fingerprint density at radius 1 is 1.00 bits per heavy atom. The van der Waals surface area contributed by atoms with Gasteiger partial charge in [0.2, 0.25) is 0 Å². The van der Waals surface area contributed by atoms with Gasteiger partial charge in [-0.1, -0.05) is 30.3 Å². The average molecular weight is 548 g/mol. The number of aliphatic imine (C=N–C) groups is 1. The molecule has 7 heteroatoms. The molecule has 1 aromatic rings. The Morgan fingerprint density at radius 3 is 2.55 bits per heavy atom. The predicted molar refractivity (Wildman–Crippen MR) is 139 cm³/mol. The van der Waals surface area contributed by atoms with E-state index >= 15 is 0 Å². The second-order valence-corrected chi connectivity index (χ2v) is 7.73. The van der Waals surface area contributed by atoms with E-state index in [1.807, 2.05) is 6.07 Å². The molecule has 0 aliphatic carbocycles. The van der Waals surface area contributed by atoms with Crippen LogP contribution in [0.1, 0.15) is 44.6 Å². The zero-order valence-electron chi connectivity index (χ0n) is 19.2. The van der Waals surface area contributed by atoms with Crippen molar-refractivity contribution in [1.29, 1.82) is 0 Å². The highest BCUT2D eigenvalue weighted by Crippen LogP contribution is 2.14. The molecule has 1 aromatic carbocycles. The normalized spacial score (nSPS) is 14.8. The predicted octanol–water partition coefficient (Wildman–Crippen LogP) is 4.03. The first-order valence-electron chi connectivity index (χ1n) is 11.7. The maximum absolute atomic E-state index is 5.81. The minimum absolute atomic E-state index is 0. The molecule has 1 aliphatic rings. The summed E-state index contributed by atoms with van der Waals surface area (Å²) in [4.78, 5) is 4.64. The van der Waals surface area contributed by atoms with Crippen molar-refractivity contribution in [3.63, 3.8) is 0 Å². The van der Waals surface area contributed by atoms with Crippen LogP contribution in [-0.4, -0.2) is 65.2 Å². The maximum Gasteiger partial charge on any atom is 0.191 e. The van der Waals surface area contributed by atoms with Crippen LogP contribution in [-0.2, 0) is 20.6 Å². The van der Waals surface area contributed by atoms with Gasteiger partial charge in [0.1, 0.15) is 0 Å². The van der Waals surface area contributed by atoms with Crippen molar-refractivity contribution in [2.24, 2.45) is 10.9 Å². The molecule has 2 N–H and O–H groups in total. The van der Waals surface area contributed by atoms with Crippen molar-refractivity contribution >= 4 is 29.9 Å². The van der Waals surface area contributed by atoms with Gasteiger partial charge in [-0.05, 0) is 56.9 Å². The summed E-state index contributed by atoms with van der Waals surface area (Å²) in [6.45, 7) is 9.67. The van der Waals surface area contributed by atoms with E-state index in [2.05, 4.69) is 46.8 Å². The lowest BCUT2D eigenvalue weighted by Gasteiger charge is -2.21. The lowest BCUT2D eigenvalue weighted by atomic mass is 10.0. The van der Waals surface area contributed by atoms with Gasteiger partial charge in [-0.25, -0.2) is 0 Å². The summed E-state index contributed by atoms with van der Waals surface area (Å²) in [6.07, 6.45) is 6.32. The van der Waals surface area contributed by atoms with Gasteiger partial charge in [0, 0.05) is 52.7 Å². The smallest absolute Gasteiger partial charge is 0.191 e. The molecule has 1 saturated heterocycles. The lowest BCUT2D eigenvalue weighted by molar-refractivity contribution is 0.0205. The van der Waals surface area contributed by atoms with Gasteiger partial charge >= 0.3 is 0 Å². The van der Waals surface area contributed by atoms with Crippen LogP contribution in [0, 0.1) is 5.92 Å². The second-order valence-electron chi connectivity index (χ2n) is 7.73. The number of nitrogens with zero attached hydrogens (tertiary/aromatic N) is 1. The number of guanidine groups is 1. The lowest BCUT2D eigenvalue weighted by Crippen LogP contribution is -2.38. The molecule has 1 heterocycles. The largest absolute Gasteiger partial charge is 0.381 e. The van der Waals surface area contributed by atoms with Crippen LogP contribution in [0.2, 0.25) is 0 Å². The van der Waals surface area contributed by atoms with Gasteiger partial charge in [-0.3, -0.25) is 4.99 Å². The third-order valence-electron chi connectivity index (χ3n) is 5.14. The molecule has 0 aromatic heterocycles. The SMILES string of the molecule is CCNC(=NCCCOCC1CCOCC1)NCCCCOCCc1ccccc1.I. The monoisotopic (exact) mass is 547 g/mol. The highest BCUT2D eigenvalue weighted by molar-refractivity contribution is 14.0. The molecule has 0 unspecified atom stereocenters. The molecule has 6 nitrogen and oxygen atoms in total. The van der Waals surface area contributed by atoms with Gasteiger partial charge in [0.05, 0.1) is 6.61 Å². The van der Waals surface area contributed by atoms with Gasteiger partial charge < -0.3 is 24.8 Å². The van der Waals surface area contributed by atoms with Gasteiger partial charge in [-0.15, -0.1) is 24.0 Å². The molecule has 2 rings (SSSR count). The molecule has 0 amide bonds. The van der Waals surface area contributed by atoms with E-state index in [9.17, 15) is 0 Å². The first-order valence-corrected chi connectivity index (χ1v) is 11.7. The fourth-order valence-corrected chi connectivity index (χ4v) is 3.33. The topological polar surface area (TPSA) is 64.1 Å². The number of benzene rings is 1. The first-order chi connectivity index (χ1) is 14.9. The van der Waals surface area contributed by atoms with Gasteiger partial charge in [0.25, 0.3) is 0 Å². The molecular formula is C24H42IN3O3. The summed E-state index contributed by atoms with van der Waals surface area (Å²) in [5.74, 6) is 1.57. The molecule has 0 radical (unpaired) electrons. The molecule has 31 heavy (non-hydrogen) atoms. The number of nitrogens with one attached hydrogen (secondary N) is 2. The minimum Gasteiger partial charge on any atom is -0.381 e. The zero-order valence-corrected chi connectivity index (χ0v) is 21.5. The Morgan fingerprint density at radius 2 is 1.77 bits per heavy atom. The van der Waals surface area contributed by atoms with Crippen LogP contribution in [0.15, 0.2) is 35.3 Å². The Kier molecular flexibility index (Phi) is 17.9. The summed E-state index contributed by atoms with van der Waals surface area (Å²) in [6, 6.07) is 10.5. The van der Waals surface area contributed by atoms with Gasteiger partial charge in [0.15, 0.2) is 5.96 Å². The molecule has 0 saturated carbocycles. The Balaban J connectivity index is 0.00000480. The first kappa shape index (κ1) is 28.1. The minimum atomic E-state index is 0. The van der Waals surface area contributed by atoms with E-state index in [1.165, 1.54) is 5.56 Å². The second kappa shape index (κ2) is 19.8. The van der Waals surface area contributed by atoms with Gasteiger partial charge in [-0.2, -0.15) is 0 Å². The molecule has 0 atom stereocenters. The summed E-state index contributed by atoms with van der Waals surface area (Å²) >= 11 is 0. The molecule has 1 aliphatic heterocycles. The van der Waals surface area contributed by atoms with Crippen molar-refractivity contribution in [1.82, 2.24) is 10.6 Å². The fourth-order valence-electron chi connectivity index (χ4n) is 3.33. The number of unbranched alkanes of at least 4 members (excludes halogenated alkanes) is 1. The number of hydrogen-bond acceptors (Lipinski definition) is 4. The quantitative estimate of drug-likeness (QED) is 0.150. The van der Waals surface area contributed by atoms with E-state index in [4.69, 9.17) is 14.2 Å². The van der Waals surface area contributed by atoms with Crippen molar-refractivity contribution in [2.75, 3.05) is 59.3 Å². The van der Waals surface area contributed by atoms with Crippen LogP contribution in [0.4, 0.5) is 0 Å². The van der Waals surface area contributed by atoms with Crippen molar-refractivity contribution in [3.8, 4) is 0 Å². The summed E-state index contributed by atoms with van der Waals surface area (Å²) < 4.78 is 16.9. The van der Waals surface area contributed by atoms with E-state index in [-0.39, 0.29) is 24.0 Å². The van der Waals surface area contributed by atoms with Crippen molar-refractivity contribution in [2.45, 2.75) is 45.4 Å². The highest BCUT2D eigenvalue weighted by Gasteiger charge is 2.13. The van der Waals surface area contributed by atoms with E-state index in [0.717, 1.165) is 104 Å². The molecule has 178 valence electrons. The Labute approximate surface area is 205 Å². The third kappa shape index (κ3) is 14.7. The van der Waals surface area contributed by atoms with Crippen LogP contribution < -0.4 is 10.6 Å². The third-order valence-corrected chi connectivity index (χ3v) is 5.14. The van der Waals surface area contributed by atoms with Crippen LogP contribution in [0.5, 0.6) is 0 Å². The van der Waals surface area contributed by atoms with Crippen molar-refractivity contribution in [3.05, 3.63) is 35.9 Å². The molecular weight excluding hydrogens is 505 g/mol. The number of rotatable bonds is 15.